The van der Waals surface area contributed by atoms with E-state index in [1.165, 1.54) is 19.0 Å². The number of pyridine rings is 1. The predicted molar refractivity (Wildman–Crippen MR) is 117 cm³/mol. The van der Waals surface area contributed by atoms with Gasteiger partial charge in [0.25, 0.3) is 5.91 Å². The first-order chi connectivity index (χ1) is 14.9. The first-order valence-electron chi connectivity index (χ1n) is 10.5. The van der Waals surface area contributed by atoms with Crippen molar-refractivity contribution in [3.05, 3.63) is 52.6 Å². The molecule has 1 fully saturated rings. The first kappa shape index (κ1) is 20.8. The molecule has 0 saturated carbocycles. The molecular weight excluding hydrogens is 394 g/mol. The number of carbonyl (C=O) groups excluding carboxylic acids is 2. The van der Waals surface area contributed by atoms with Crippen molar-refractivity contribution in [3.63, 3.8) is 0 Å². The fourth-order valence-corrected chi connectivity index (χ4v) is 4.06. The van der Waals surface area contributed by atoms with E-state index in [0.717, 1.165) is 41.4 Å². The second kappa shape index (κ2) is 8.71. The number of nitrogens with two attached hydrogens (primary N) is 1. The highest BCUT2D eigenvalue weighted by atomic mass is 16.1. The molecule has 9 heteroatoms. The maximum absolute atomic E-state index is 12.5. The minimum atomic E-state index is -0.558. The number of anilines is 1. The highest BCUT2D eigenvalue weighted by Gasteiger charge is 2.17. The van der Waals surface area contributed by atoms with Crippen molar-refractivity contribution in [2.75, 3.05) is 18.0 Å². The van der Waals surface area contributed by atoms with Crippen molar-refractivity contribution in [1.29, 1.82) is 0 Å². The number of aromatic nitrogens is 4. The Kier molecular flexibility index (Phi) is 5.83. The molecular formula is C22H27N7O2. The molecule has 31 heavy (non-hydrogen) atoms. The van der Waals surface area contributed by atoms with Gasteiger partial charge in [-0.25, -0.2) is 14.5 Å². The largest absolute Gasteiger partial charge is 0.365 e. The van der Waals surface area contributed by atoms with E-state index in [4.69, 9.17) is 5.73 Å². The molecule has 1 saturated heterocycles. The molecule has 1 aliphatic rings. The molecule has 0 atom stereocenters. The molecule has 4 heterocycles. The standard InChI is InChI=1S/C22H27N7O2/c1-14-17(15(2)29-22(27-14)18(13-26-29)21(23)31)5-6-20(30)25-12-16-7-8-24-19(11-16)28-9-3-4-10-28/h7-8,11,13H,3-6,9-10,12H2,1-2H3,(H2,23,31)(H,25,30). The molecule has 0 radical (unpaired) electrons. The van der Waals surface area contributed by atoms with Crippen molar-refractivity contribution in [1.82, 2.24) is 24.9 Å². The number of primary amides is 1. The fraction of sp³-hybridized carbons (Fsp3) is 0.409. The molecule has 0 bridgehead atoms. The van der Waals surface area contributed by atoms with Gasteiger partial charge in [-0.3, -0.25) is 9.59 Å². The lowest BCUT2D eigenvalue weighted by Gasteiger charge is -2.17. The zero-order valence-electron chi connectivity index (χ0n) is 17.9. The van der Waals surface area contributed by atoms with Crippen LogP contribution in [-0.2, 0) is 17.8 Å². The van der Waals surface area contributed by atoms with Crippen LogP contribution in [0.2, 0.25) is 0 Å². The Bertz CT molecular complexity index is 1130. The summed E-state index contributed by atoms with van der Waals surface area (Å²) < 4.78 is 1.61. The molecule has 9 nitrogen and oxygen atoms in total. The van der Waals surface area contributed by atoms with Gasteiger partial charge in [0.15, 0.2) is 5.65 Å². The van der Waals surface area contributed by atoms with Crippen LogP contribution in [0.4, 0.5) is 5.82 Å². The van der Waals surface area contributed by atoms with Gasteiger partial charge in [-0.2, -0.15) is 5.10 Å². The Morgan fingerprint density at radius 2 is 2.00 bits per heavy atom. The van der Waals surface area contributed by atoms with Crippen LogP contribution in [0.25, 0.3) is 5.65 Å². The number of hydrogen-bond donors (Lipinski definition) is 2. The summed E-state index contributed by atoms with van der Waals surface area (Å²) in [6, 6.07) is 3.98. The molecule has 162 valence electrons. The third-order valence-electron chi connectivity index (χ3n) is 5.81. The van der Waals surface area contributed by atoms with E-state index < -0.39 is 5.91 Å². The predicted octanol–water partition coefficient (Wildman–Crippen LogP) is 1.69. The highest BCUT2D eigenvalue weighted by molar-refractivity contribution is 5.98. The number of amides is 2. The number of rotatable bonds is 7. The Morgan fingerprint density at radius 1 is 1.23 bits per heavy atom. The van der Waals surface area contributed by atoms with E-state index in [1.54, 1.807) is 10.7 Å². The Hall–Kier alpha value is -3.49. The lowest BCUT2D eigenvalue weighted by Crippen LogP contribution is -2.24. The SMILES string of the molecule is Cc1nc2c(C(N)=O)cnn2c(C)c1CCC(=O)NCc1ccnc(N2CCCC2)c1. The summed E-state index contributed by atoms with van der Waals surface area (Å²) in [7, 11) is 0. The van der Waals surface area contributed by atoms with Gasteiger partial charge in [0.2, 0.25) is 5.91 Å². The van der Waals surface area contributed by atoms with E-state index in [9.17, 15) is 9.59 Å². The smallest absolute Gasteiger partial charge is 0.254 e. The van der Waals surface area contributed by atoms with Gasteiger partial charge in [0.1, 0.15) is 11.4 Å². The molecule has 0 aliphatic carbocycles. The van der Waals surface area contributed by atoms with E-state index in [-0.39, 0.29) is 5.91 Å². The van der Waals surface area contributed by atoms with Gasteiger partial charge in [0, 0.05) is 43.6 Å². The number of nitrogens with zero attached hydrogens (tertiary/aromatic N) is 5. The van der Waals surface area contributed by atoms with Crippen molar-refractivity contribution in [3.8, 4) is 0 Å². The first-order valence-corrected chi connectivity index (χ1v) is 10.5. The monoisotopic (exact) mass is 421 g/mol. The highest BCUT2D eigenvalue weighted by Crippen LogP contribution is 2.20. The third kappa shape index (κ3) is 4.35. The van der Waals surface area contributed by atoms with Gasteiger partial charge >= 0.3 is 0 Å². The Morgan fingerprint density at radius 3 is 2.74 bits per heavy atom. The summed E-state index contributed by atoms with van der Waals surface area (Å²) in [6.45, 7) is 6.32. The van der Waals surface area contributed by atoms with Crippen LogP contribution in [0.5, 0.6) is 0 Å². The molecule has 0 aromatic carbocycles. The molecule has 1 aliphatic heterocycles. The van der Waals surface area contributed by atoms with Gasteiger partial charge in [0.05, 0.1) is 6.20 Å². The lowest BCUT2D eigenvalue weighted by atomic mass is 10.1. The van der Waals surface area contributed by atoms with Gasteiger partial charge in [-0.1, -0.05) is 0 Å². The molecule has 3 N–H and O–H groups in total. The number of nitrogens with one attached hydrogen (secondary N) is 1. The van der Waals surface area contributed by atoms with Crippen LogP contribution in [0.3, 0.4) is 0 Å². The number of carbonyl (C=O) groups is 2. The number of aryl methyl sites for hydroxylation is 2. The van der Waals surface area contributed by atoms with E-state index in [0.29, 0.717) is 30.6 Å². The fourth-order valence-electron chi connectivity index (χ4n) is 4.06. The third-order valence-corrected chi connectivity index (χ3v) is 5.81. The summed E-state index contributed by atoms with van der Waals surface area (Å²) in [4.78, 5) is 35.2. The summed E-state index contributed by atoms with van der Waals surface area (Å²) in [5.41, 5.74) is 9.74. The summed E-state index contributed by atoms with van der Waals surface area (Å²) in [5, 5.41) is 7.22. The zero-order chi connectivity index (χ0) is 22.0. The second-order valence-electron chi connectivity index (χ2n) is 7.91. The van der Waals surface area contributed by atoms with Crippen molar-refractivity contribution < 1.29 is 9.59 Å². The molecule has 4 rings (SSSR count). The summed E-state index contributed by atoms with van der Waals surface area (Å²) in [5.74, 6) is 0.388. The Balaban J connectivity index is 1.38. The van der Waals surface area contributed by atoms with Crippen molar-refractivity contribution >= 4 is 23.3 Å². The van der Waals surface area contributed by atoms with E-state index in [1.807, 2.05) is 26.0 Å². The van der Waals surface area contributed by atoms with Crippen LogP contribution in [-0.4, -0.2) is 44.5 Å². The van der Waals surface area contributed by atoms with Crippen LogP contribution in [0.15, 0.2) is 24.5 Å². The minimum Gasteiger partial charge on any atom is -0.365 e. The second-order valence-corrected chi connectivity index (χ2v) is 7.91. The maximum Gasteiger partial charge on any atom is 0.254 e. The normalized spacial score (nSPS) is 13.7. The number of fused-ring (bicyclic) bond motifs is 1. The maximum atomic E-state index is 12.5. The van der Waals surface area contributed by atoms with E-state index in [2.05, 4.69) is 25.3 Å². The number of hydrogen-bond acceptors (Lipinski definition) is 6. The van der Waals surface area contributed by atoms with Crippen LogP contribution in [0, 0.1) is 13.8 Å². The zero-order valence-corrected chi connectivity index (χ0v) is 17.9. The van der Waals surface area contributed by atoms with Crippen LogP contribution in [0.1, 0.15) is 52.1 Å². The molecule has 0 spiro atoms. The van der Waals surface area contributed by atoms with Gasteiger partial charge in [-0.05, 0) is 56.4 Å². The van der Waals surface area contributed by atoms with Gasteiger partial charge in [-0.15, -0.1) is 0 Å². The molecule has 2 amide bonds. The quantitative estimate of drug-likeness (QED) is 0.599. The summed E-state index contributed by atoms with van der Waals surface area (Å²) in [6.07, 6.45) is 6.50. The average Bonchev–Trinajstić information content (AvgIpc) is 3.42. The van der Waals surface area contributed by atoms with Gasteiger partial charge < -0.3 is 16.0 Å². The van der Waals surface area contributed by atoms with Crippen molar-refractivity contribution in [2.45, 2.75) is 46.1 Å². The average molecular weight is 422 g/mol. The molecule has 3 aromatic rings. The van der Waals surface area contributed by atoms with Crippen LogP contribution >= 0.6 is 0 Å². The topological polar surface area (TPSA) is 119 Å². The molecule has 3 aromatic heterocycles. The van der Waals surface area contributed by atoms with Crippen LogP contribution < -0.4 is 16.0 Å². The summed E-state index contributed by atoms with van der Waals surface area (Å²) >= 11 is 0. The minimum absolute atomic E-state index is 0.0308. The van der Waals surface area contributed by atoms with E-state index >= 15 is 0 Å². The molecule has 0 unspecified atom stereocenters. The Labute approximate surface area is 180 Å². The van der Waals surface area contributed by atoms with Crippen molar-refractivity contribution in [2.24, 2.45) is 5.73 Å². The lowest BCUT2D eigenvalue weighted by molar-refractivity contribution is -0.121.